The molecular formula is C12H11N5O4S. The van der Waals surface area contributed by atoms with Crippen molar-refractivity contribution in [3.8, 4) is 0 Å². The number of nitrogens with two attached hydrogens (primary N) is 1. The molecule has 0 spiro atoms. The zero-order valence-corrected chi connectivity index (χ0v) is 11.9. The SMILES string of the molecule is NS(=O)(=O)c1ccc(N/N=C\c2ccccn2)c([N+](=O)[O-])c1. The predicted octanol–water partition coefficient (Wildman–Crippen LogP) is 1.08. The average molecular weight is 321 g/mol. The fourth-order valence-electron chi connectivity index (χ4n) is 1.55. The molecule has 0 amide bonds. The Bertz CT molecular complexity index is 821. The number of nitro groups is 1. The van der Waals surface area contributed by atoms with Crippen LogP contribution in [0.5, 0.6) is 0 Å². The molecule has 0 bridgehead atoms. The van der Waals surface area contributed by atoms with Gasteiger partial charge < -0.3 is 0 Å². The summed E-state index contributed by atoms with van der Waals surface area (Å²) in [6, 6.07) is 8.44. The van der Waals surface area contributed by atoms with E-state index in [4.69, 9.17) is 5.14 Å². The van der Waals surface area contributed by atoms with Gasteiger partial charge in [-0.25, -0.2) is 13.6 Å². The summed E-state index contributed by atoms with van der Waals surface area (Å²) < 4.78 is 22.4. The molecule has 114 valence electrons. The topological polar surface area (TPSA) is 141 Å². The lowest BCUT2D eigenvalue weighted by Gasteiger charge is -2.04. The molecule has 9 nitrogen and oxygen atoms in total. The molecule has 0 atom stereocenters. The Balaban J connectivity index is 2.28. The van der Waals surface area contributed by atoms with Crippen LogP contribution >= 0.6 is 0 Å². The second-order valence-corrected chi connectivity index (χ2v) is 5.67. The number of hydrogen-bond acceptors (Lipinski definition) is 7. The van der Waals surface area contributed by atoms with Gasteiger partial charge in [0.2, 0.25) is 10.0 Å². The highest BCUT2D eigenvalue weighted by Crippen LogP contribution is 2.27. The molecule has 0 aliphatic carbocycles. The smallest absolute Gasteiger partial charge is 0.272 e. The van der Waals surface area contributed by atoms with Crippen molar-refractivity contribution in [2.75, 3.05) is 5.43 Å². The number of nitro benzene ring substituents is 1. The van der Waals surface area contributed by atoms with Crippen LogP contribution in [0.4, 0.5) is 11.4 Å². The molecule has 3 N–H and O–H groups in total. The minimum atomic E-state index is -4.02. The summed E-state index contributed by atoms with van der Waals surface area (Å²) >= 11 is 0. The monoisotopic (exact) mass is 321 g/mol. The van der Waals surface area contributed by atoms with E-state index in [0.717, 1.165) is 12.1 Å². The molecule has 10 heteroatoms. The van der Waals surface area contributed by atoms with Crippen LogP contribution in [0.1, 0.15) is 5.69 Å². The molecule has 0 saturated carbocycles. The van der Waals surface area contributed by atoms with Gasteiger partial charge in [0.1, 0.15) is 5.69 Å². The summed E-state index contributed by atoms with van der Waals surface area (Å²) in [5, 5.41) is 19.8. The average Bonchev–Trinajstić information content (AvgIpc) is 2.47. The molecule has 0 fully saturated rings. The van der Waals surface area contributed by atoms with E-state index in [0.29, 0.717) is 5.69 Å². The largest absolute Gasteiger partial charge is 0.295 e. The number of nitrogens with one attached hydrogen (secondary N) is 1. The van der Waals surface area contributed by atoms with Crippen LogP contribution < -0.4 is 10.6 Å². The first-order chi connectivity index (χ1) is 10.4. The molecule has 1 aromatic carbocycles. The van der Waals surface area contributed by atoms with Crippen LogP contribution in [-0.2, 0) is 10.0 Å². The van der Waals surface area contributed by atoms with Crippen molar-refractivity contribution in [1.29, 1.82) is 0 Å². The van der Waals surface area contributed by atoms with Crippen LogP contribution in [0.2, 0.25) is 0 Å². The Kier molecular flexibility index (Phi) is 4.44. The zero-order valence-electron chi connectivity index (χ0n) is 11.1. The highest BCUT2D eigenvalue weighted by Gasteiger charge is 2.18. The molecule has 0 aliphatic heterocycles. The molecule has 0 radical (unpaired) electrons. The van der Waals surface area contributed by atoms with Gasteiger partial charge in [-0.1, -0.05) is 6.07 Å². The Morgan fingerprint density at radius 3 is 2.68 bits per heavy atom. The number of rotatable bonds is 5. The first-order valence-electron chi connectivity index (χ1n) is 5.89. The van der Waals surface area contributed by atoms with Gasteiger partial charge in [0.05, 0.1) is 21.7 Å². The van der Waals surface area contributed by atoms with Crippen molar-refractivity contribution in [2.45, 2.75) is 4.90 Å². The highest BCUT2D eigenvalue weighted by molar-refractivity contribution is 7.89. The Hall–Kier alpha value is -2.85. The highest BCUT2D eigenvalue weighted by atomic mass is 32.2. The van der Waals surface area contributed by atoms with Gasteiger partial charge in [-0.2, -0.15) is 5.10 Å². The Morgan fingerprint density at radius 2 is 2.09 bits per heavy atom. The van der Waals surface area contributed by atoms with E-state index in [1.807, 2.05) is 0 Å². The van der Waals surface area contributed by atoms with Crippen molar-refractivity contribution in [3.05, 3.63) is 58.4 Å². The quantitative estimate of drug-likeness (QED) is 0.479. The van der Waals surface area contributed by atoms with Crippen LogP contribution in [0.25, 0.3) is 0 Å². The molecular weight excluding hydrogens is 310 g/mol. The lowest BCUT2D eigenvalue weighted by molar-refractivity contribution is -0.384. The number of primary sulfonamides is 1. The van der Waals surface area contributed by atoms with Gasteiger partial charge in [0, 0.05) is 12.3 Å². The number of aromatic nitrogens is 1. The molecule has 0 unspecified atom stereocenters. The van der Waals surface area contributed by atoms with E-state index < -0.39 is 20.6 Å². The van der Waals surface area contributed by atoms with E-state index in [1.165, 1.54) is 12.3 Å². The number of benzene rings is 1. The van der Waals surface area contributed by atoms with Crippen molar-refractivity contribution in [3.63, 3.8) is 0 Å². The maximum Gasteiger partial charge on any atom is 0.295 e. The first kappa shape index (κ1) is 15.5. The van der Waals surface area contributed by atoms with Crippen LogP contribution in [0.3, 0.4) is 0 Å². The standard InChI is InChI=1S/C12H11N5O4S/c13-22(20,21)10-4-5-11(12(7-10)17(18)19)16-15-8-9-3-1-2-6-14-9/h1-8,16H,(H2,13,20,21)/b15-8-. The molecule has 1 aromatic heterocycles. The second-order valence-electron chi connectivity index (χ2n) is 4.11. The van der Waals surface area contributed by atoms with Gasteiger partial charge in [0.15, 0.2) is 0 Å². The number of hydrazone groups is 1. The summed E-state index contributed by atoms with van der Waals surface area (Å²) in [5.74, 6) is 0. The van der Waals surface area contributed by atoms with Crippen molar-refractivity contribution in [2.24, 2.45) is 10.2 Å². The minimum Gasteiger partial charge on any atom is -0.272 e. The summed E-state index contributed by atoms with van der Waals surface area (Å²) in [4.78, 5) is 13.9. The molecule has 0 aliphatic rings. The maximum atomic E-state index is 11.2. The fraction of sp³-hybridized carbons (Fsp3) is 0. The van der Waals surface area contributed by atoms with E-state index in [-0.39, 0.29) is 10.6 Å². The predicted molar refractivity (Wildman–Crippen MR) is 79.9 cm³/mol. The first-order valence-corrected chi connectivity index (χ1v) is 7.44. The van der Waals surface area contributed by atoms with Gasteiger partial charge in [-0.15, -0.1) is 0 Å². The minimum absolute atomic E-state index is 0.0320. The number of pyridine rings is 1. The summed E-state index contributed by atoms with van der Waals surface area (Å²) in [5.41, 5.74) is 2.61. The third-order valence-electron chi connectivity index (χ3n) is 2.56. The van der Waals surface area contributed by atoms with E-state index in [2.05, 4.69) is 15.5 Å². The molecule has 1 heterocycles. The van der Waals surface area contributed by atoms with Crippen molar-refractivity contribution >= 4 is 27.6 Å². The van der Waals surface area contributed by atoms with E-state index in [9.17, 15) is 18.5 Å². The number of nitrogens with zero attached hydrogens (tertiary/aromatic N) is 3. The number of anilines is 1. The third kappa shape index (κ3) is 3.84. The number of hydrogen-bond donors (Lipinski definition) is 2. The number of sulfonamides is 1. The molecule has 2 aromatic rings. The second kappa shape index (κ2) is 6.28. The van der Waals surface area contributed by atoms with Gasteiger partial charge in [-0.3, -0.25) is 20.5 Å². The van der Waals surface area contributed by atoms with E-state index in [1.54, 1.807) is 24.4 Å². The van der Waals surface area contributed by atoms with Crippen LogP contribution in [0.15, 0.2) is 52.6 Å². The van der Waals surface area contributed by atoms with Crippen LogP contribution in [-0.4, -0.2) is 24.5 Å². The molecule has 2 rings (SSSR count). The lowest BCUT2D eigenvalue weighted by Crippen LogP contribution is -2.12. The normalized spacial score (nSPS) is 11.5. The third-order valence-corrected chi connectivity index (χ3v) is 3.48. The Morgan fingerprint density at radius 1 is 1.32 bits per heavy atom. The summed E-state index contributed by atoms with van der Waals surface area (Å²) in [6.45, 7) is 0. The van der Waals surface area contributed by atoms with Crippen molar-refractivity contribution in [1.82, 2.24) is 4.98 Å². The van der Waals surface area contributed by atoms with E-state index >= 15 is 0 Å². The van der Waals surface area contributed by atoms with Crippen molar-refractivity contribution < 1.29 is 13.3 Å². The van der Waals surface area contributed by atoms with Crippen LogP contribution in [0, 0.1) is 10.1 Å². The Labute approximate surface area is 125 Å². The van der Waals surface area contributed by atoms with Gasteiger partial charge in [-0.05, 0) is 24.3 Å². The summed E-state index contributed by atoms with van der Waals surface area (Å²) in [7, 11) is -4.02. The fourth-order valence-corrected chi connectivity index (χ4v) is 2.09. The van der Waals surface area contributed by atoms with Gasteiger partial charge >= 0.3 is 0 Å². The molecule has 22 heavy (non-hydrogen) atoms. The molecule has 0 saturated heterocycles. The maximum absolute atomic E-state index is 11.2. The lowest BCUT2D eigenvalue weighted by atomic mass is 10.3. The zero-order chi connectivity index (χ0) is 16.2. The van der Waals surface area contributed by atoms with Gasteiger partial charge in [0.25, 0.3) is 5.69 Å². The summed E-state index contributed by atoms with van der Waals surface area (Å²) in [6.07, 6.45) is 2.95.